The second kappa shape index (κ2) is 3.80. The summed E-state index contributed by atoms with van der Waals surface area (Å²) in [7, 11) is 0. The Morgan fingerprint density at radius 1 is 1.77 bits per heavy atom. The highest BCUT2D eigenvalue weighted by atomic mass is 79.9. The molecule has 0 unspecified atom stereocenters. The van der Waals surface area contributed by atoms with E-state index in [4.69, 9.17) is 5.73 Å². The first-order valence-corrected chi connectivity index (χ1v) is 4.37. The number of hydrogen-bond acceptors (Lipinski definition) is 4. The van der Waals surface area contributed by atoms with Gasteiger partial charge < -0.3 is 5.73 Å². The minimum absolute atomic E-state index is 0.0515. The molecule has 1 heterocycles. The van der Waals surface area contributed by atoms with Crippen LogP contribution in [0.5, 0.6) is 0 Å². The van der Waals surface area contributed by atoms with E-state index in [1.54, 1.807) is 6.92 Å². The molecular weight excluding hydrogens is 238 g/mol. The fourth-order valence-corrected chi connectivity index (χ4v) is 1.26. The van der Waals surface area contributed by atoms with Crippen LogP contribution in [0, 0.1) is 10.1 Å². The van der Waals surface area contributed by atoms with Crippen LogP contribution in [0.4, 0.5) is 5.69 Å². The highest BCUT2D eigenvalue weighted by Gasteiger charge is 2.18. The average Bonchev–Trinajstić information content (AvgIpc) is 2.03. The van der Waals surface area contributed by atoms with Crippen LogP contribution in [-0.2, 0) is 0 Å². The quantitative estimate of drug-likeness (QED) is 0.636. The zero-order valence-corrected chi connectivity index (χ0v) is 8.48. The summed E-state index contributed by atoms with van der Waals surface area (Å²) in [5, 5.41) is 10.6. The lowest BCUT2D eigenvalue weighted by Crippen LogP contribution is -2.10. The first kappa shape index (κ1) is 10.1. The largest absolute Gasteiger partial charge is 0.323 e. The molecule has 2 N–H and O–H groups in total. The first-order valence-electron chi connectivity index (χ1n) is 3.57. The zero-order valence-electron chi connectivity index (χ0n) is 6.90. The molecule has 0 amide bonds. The van der Waals surface area contributed by atoms with Crippen molar-refractivity contribution in [3.8, 4) is 0 Å². The Bertz CT molecular complexity index is 341. The van der Waals surface area contributed by atoms with Gasteiger partial charge in [0, 0.05) is 16.7 Å². The maximum atomic E-state index is 10.6. The molecule has 1 atom stereocenters. The smallest absolute Gasteiger partial charge is 0.293 e. The van der Waals surface area contributed by atoms with Gasteiger partial charge in [-0.05, 0) is 22.9 Å². The van der Waals surface area contributed by atoms with Crippen molar-refractivity contribution in [1.29, 1.82) is 0 Å². The fraction of sp³-hybridized carbons (Fsp3) is 0.286. The van der Waals surface area contributed by atoms with Crippen LogP contribution in [0.2, 0.25) is 0 Å². The van der Waals surface area contributed by atoms with E-state index in [-0.39, 0.29) is 5.69 Å². The van der Waals surface area contributed by atoms with Gasteiger partial charge in [0.15, 0.2) is 0 Å². The van der Waals surface area contributed by atoms with Crippen molar-refractivity contribution in [3.05, 3.63) is 32.5 Å². The SMILES string of the molecule is C[C@@H](N)c1ncc(Br)cc1[N+](=O)[O-]. The van der Waals surface area contributed by atoms with E-state index in [0.29, 0.717) is 10.2 Å². The number of halogens is 1. The molecule has 13 heavy (non-hydrogen) atoms. The van der Waals surface area contributed by atoms with E-state index in [1.165, 1.54) is 12.3 Å². The Labute approximate surface area is 83.2 Å². The van der Waals surface area contributed by atoms with Crippen molar-refractivity contribution in [2.45, 2.75) is 13.0 Å². The van der Waals surface area contributed by atoms with Gasteiger partial charge in [-0.1, -0.05) is 0 Å². The lowest BCUT2D eigenvalue weighted by atomic mass is 10.2. The lowest BCUT2D eigenvalue weighted by molar-refractivity contribution is -0.386. The minimum atomic E-state index is -0.490. The Hall–Kier alpha value is -1.01. The minimum Gasteiger partial charge on any atom is -0.323 e. The van der Waals surface area contributed by atoms with Crippen molar-refractivity contribution in [2.24, 2.45) is 5.73 Å². The van der Waals surface area contributed by atoms with Gasteiger partial charge in [0.1, 0.15) is 5.69 Å². The summed E-state index contributed by atoms with van der Waals surface area (Å²) in [5.41, 5.74) is 5.77. The lowest BCUT2D eigenvalue weighted by Gasteiger charge is -2.04. The molecule has 70 valence electrons. The second-order valence-corrected chi connectivity index (χ2v) is 3.52. The highest BCUT2D eigenvalue weighted by Crippen LogP contribution is 2.24. The number of rotatable bonds is 2. The van der Waals surface area contributed by atoms with Crippen LogP contribution in [0.15, 0.2) is 16.7 Å². The Morgan fingerprint density at radius 2 is 2.38 bits per heavy atom. The Balaban J connectivity index is 3.27. The van der Waals surface area contributed by atoms with Crippen molar-refractivity contribution in [2.75, 3.05) is 0 Å². The third-order valence-corrected chi connectivity index (χ3v) is 1.93. The van der Waals surface area contributed by atoms with Crippen LogP contribution in [0.1, 0.15) is 18.7 Å². The number of pyridine rings is 1. The van der Waals surface area contributed by atoms with Gasteiger partial charge in [-0.25, -0.2) is 0 Å². The normalized spacial score (nSPS) is 12.5. The molecular formula is C7H8BrN3O2. The van der Waals surface area contributed by atoms with Gasteiger partial charge >= 0.3 is 0 Å². The summed E-state index contributed by atoms with van der Waals surface area (Å²) in [4.78, 5) is 14.0. The molecule has 5 nitrogen and oxygen atoms in total. The summed E-state index contributed by atoms with van der Waals surface area (Å²) in [6.07, 6.45) is 1.49. The van der Waals surface area contributed by atoms with Gasteiger partial charge in [-0.2, -0.15) is 0 Å². The summed E-state index contributed by atoms with van der Waals surface area (Å²) >= 11 is 3.11. The van der Waals surface area contributed by atoms with Crippen LogP contribution >= 0.6 is 15.9 Å². The van der Waals surface area contributed by atoms with Gasteiger partial charge in [-0.3, -0.25) is 15.1 Å². The molecule has 0 aliphatic heterocycles. The van der Waals surface area contributed by atoms with Crippen molar-refractivity contribution in [1.82, 2.24) is 4.98 Å². The predicted molar refractivity (Wildman–Crippen MR) is 51.2 cm³/mol. The summed E-state index contributed by atoms with van der Waals surface area (Å²) in [5.74, 6) is 0. The molecule has 0 spiro atoms. The molecule has 0 fully saturated rings. The molecule has 0 aliphatic rings. The Morgan fingerprint density at radius 3 is 2.85 bits per heavy atom. The predicted octanol–water partition coefficient (Wildman–Crippen LogP) is 1.77. The average molecular weight is 246 g/mol. The third-order valence-electron chi connectivity index (χ3n) is 1.49. The maximum absolute atomic E-state index is 10.6. The number of nitrogens with zero attached hydrogens (tertiary/aromatic N) is 2. The molecule has 0 saturated carbocycles. The zero-order chi connectivity index (χ0) is 10.0. The molecule has 0 saturated heterocycles. The van der Waals surface area contributed by atoms with Crippen LogP contribution in [0.3, 0.4) is 0 Å². The van der Waals surface area contributed by atoms with E-state index >= 15 is 0 Å². The molecule has 0 radical (unpaired) electrons. The second-order valence-electron chi connectivity index (χ2n) is 2.60. The van der Waals surface area contributed by atoms with Crippen molar-refractivity contribution >= 4 is 21.6 Å². The number of nitro groups is 1. The summed E-state index contributed by atoms with van der Waals surface area (Å²) in [6, 6.07) is 0.958. The summed E-state index contributed by atoms with van der Waals surface area (Å²) < 4.78 is 0.573. The molecule has 1 aromatic rings. The van der Waals surface area contributed by atoms with E-state index in [1.807, 2.05) is 0 Å². The first-order chi connectivity index (χ1) is 6.02. The van der Waals surface area contributed by atoms with Crippen molar-refractivity contribution < 1.29 is 4.92 Å². The monoisotopic (exact) mass is 245 g/mol. The standard InChI is InChI=1S/C7H8BrN3O2/c1-4(9)7-6(11(12)13)2-5(8)3-10-7/h2-4H,9H2,1H3/t4-/m1/s1. The molecule has 0 aliphatic carbocycles. The molecule has 0 bridgehead atoms. The number of aromatic nitrogens is 1. The van der Waals surface area contributed by atoms with Gasteiger partial charge in [-0.15, -0.1) is 0 Å². The van der Waals surface area contributed by atoms with Gasteiger partial charge in [0.2, 0.25) is 0 Å². The van der Waals surface area contributed by atoms with Crippen LogP contribution in [0.25, 0.3) is 0 Å². The van der Waals surface area contributed by atoms with Gasteiger partial charge in [0.05, 0.1) is 11.0 Å². The summed E-state index contributed by atoms with van der Waals surface area (Å²) in [6.45, 7) is 1.66. The number of hydrogen-bond donors (Lipinski definition) is 1. The van der Waals surface area contributed by atoms with E-state index in [0.717, 1.165) is 0 Å². The van der Waals surface area contributed by atoms with E-state index < -0.39 is 11.0 Å². The molecule has 6 heteroatoms. The molecule has 1 aromatic heterocycles. The Kier molecular flexibility index (Phi) is 2.94. The number of nitrogens with two attached hydrogens (primary N) is 1. The molecule has 1 rings (SSSR count). The topological polar surface area (TPSA) is 82.0 Å². The van der Waals surface area contributed by atoms with Gasteiger partial charge in [0.25, 0.3) is 5.69 Å². The van der Waals surface area contributed by atoms with Crippen LogP contribution in [-0.4, -0.2) is 9.91 Å². The van der Waals surface area contributed by atoms with E-state index in [9.17, 15) is 10.1 Å². The highest BCUT2D eigenvalue weighted by molar-refractivity contribution is 9.10. The molecule has 0 aromatic carbocycles. The van der Waals surface area contributed by atoms with Crippen LogP contribution < -0.4 is 5.73 Å². The van der Waals surface area contributed by atoms with E-state index in [2.05, 4.69) is 20.9 Å². The maximum Gasteiger partial charge on any atom is 0.293 e. The fourth-order valence-electron chi connectivity index (χ4n) is 0.936. The van der Waals surface area contributed by atoms with Crippen molar-refractivity contribution in [3.63, 3.8) is 0 Å². The third kappa shape index (κ3) is 2.22.